The molecular formula is C17H15N3O. The van der Waals surface area contributed by atoms with Crippen molar-refractivity contribution in [2.75, 3.05) is 11.1 Å². The zero-order chi connectivity index (χ0) is 14.7. The van der Waals surface area contributed by atoms with E-state index in [2.05, 4.69) is 10.3 Å². The van der Waals surface area contributed by atoms with Crippen molar-refractivity contribution in [3.63, 3.8) is 0 Å². The summed E-state index contributed by atoms with van der Waals surface area (Å²) in [6.07, 6.45) is 3.75. The summed E-state index contributed by atoms with van der Waals surface area (Å²) in [7, 11) is 0. The molecule has 0 fully saturated rings. The molecule has 0 saturated carbocycles. The molecule has 104 valence electrons. The van der Waals surface area contributed by atoms with Crippen molar-refractivity contribution in [3.8, 4) is 0 Å². The van der Waals surface area contributed by atoms with Crippen LogP contribution in [0.25, 0.3) is 10.8 Å². The van der Waals surface area contributed by atoms with Gasteiger partial charge in [0.15, 0.2) is 0 Å². The van der Waals surface area contributed by atoms with E-state index in [0.717, 1.165) is 22.0 Å². The maximum absolute atomic E-state index is 12.2. The third-order valence-electron chi connectivity index (χ3n) is 3.36. The zero-order valence-electron chi connectivity index (χ0n) is 11.4. The number of nitrogens with zero attached hydrogens (tertiary/aromatic N) is 1. The Morgan fingerprint density at radius 3 is 2.81 bits per heavy atom. The Morgan fingerprint density at radius 1 is 1.10 bits per heavy atom. The van der Waals surface area contributed by atoms with Crippen molar-refractivity contribution in [1.82, 2.24) is 4.98 Å². The first kappa shape index (κ1) is 13.1. The number of nitrogen functional groups attached to an aromatic ring is 1. The maximum atomic E-state index is 12.2. The van der Waals surface area contributed by atoms with Crippen LogP contribution in [0.3, 0.4) is 0 Å². The van der Waals surface area contributed by atoms with E-state index in [0.29, 0.717) is 5.69 Å². The molecule has 1 amide bonds. The highest BCUT2D eigenvalue weighted by atomic mass is 16.1. The van der Waals surface area contributed by atoms with Crippen LogP contribution < -0.4 is 11.1 Å². The van der Waals surface area contributed by atoms with Crippen molar-refractivity contribution in [2.45, 2.75) is 6.42 Å². The molecule has 0 aliphatic heterocycles. The third kappa shape index (κ3) is 2.84. The molecule has 0 atom stereocenters. The molecule has 1 heterocycles. The summed E-state index contributed by atoms with van der Waals surface area (Å²) >= 11 is 0. The number of nitrogens with two attached hydrogens (primary N) is 1. The third-order valence-corrected chi connectivity index (χ3v) is 3.36. The Balaban J connectivity index is 1.82. The van der Waals surface area contributed by atoms with Gasteiger partial charge in [0.25, 0.3) is 0 Å². The monoisotopic (exact) mass is 277 g/mol. The number of amides is 1. The fourth-order valence-electron chi connectivity index (χ4n) is 2.29. The van der Waals surface area contributed by atoms with E-state index < -0.39 is 0 Å². The van der Waals surface area contributed by atoms with Crippen LogP contribution in [-0.4, -0.2) is 10.9 Å². The van der Waals surface area contributed by atoms with Gasteiger partial charge in [0.1, 0.15) is 0 Å². The molecule has 0 aliphatic carbocycles. The lowest BCUT2D eigenvalue weighted by molar-refractivity contribution is -0.115. The fourth-order valence-corrected chi connectivity index (χ4v) is 2.29. The minimum Gasteiger partial charge on any atom is -0.398 e. The first-order chi connectivity index (χ1) is 10.2. The molecule has 0 radical (unpaired) electrons. The van der Waals surface area contributed by atoms with E-state index in [-0.39, 0.29) is 12.3 Å². The smallest absolute Gasteiger partial charge is 0.228 e. The van der Waals surface area contributed by atoms with Gasteiger partial charge in [-0.3, -0.25) is 9.78 Å². The van der Waals surface area contributed by atoms with Crippen LogP contribution in [0.15, 0.2) is 60.9 Å². The molecule has 3 aromatic rings. The first-order valence-corrected chi connectivity index (χ1v) is 6.70. The predicted octanol–water partition coefficient (Wildman–Crippen LogP) is 3.00. The number of hydrogen-bond donors (Lipinski definition) is 2. The number of para-hydroxylation sites is 1. The fraction of sp³-hybridized carbons (Fsp3) is 0.0588. The standard InChI is InChI=1S/C17H15N3O/c18-15-6-2-1-4-12(15)10-17(21)20-16-7-3-5-13-11-19-9-8-14(13)16/h1-9,11H,10,18H2,(H,20,21). The SMILES string of the molecule is Nc1ccccc1CC(=O)Nc1cccc2cnccc12. The van der Waals surface area contributed by atoms with E-state index >= 15 is 0 Å². The normalized spacial score (nSPS) is 10.5. The van der Waals surface area contributed by atoms with E-state index in [9.17, 15) is 4.79 Å². The average Bonchev–Trinajstić information content (AvgIpc) is 2.50. The van der Waals surface area contributed by atoms with Crippen LogP contribution in [0, 0.1) is 0 Å². The molecule has 3 N–H and O–H groups in total. The number of nitrogens with one attached hydrogen (secondary N) is 1. The number of benzene rings is 2. The molecule has 0 aliphatic rings. The van der Waals surface area contributed by atoms with E-state index in [1.165, 1.54) is 0 Å². The van der Waals surface area contributed by atoms with Gasteiger partial charge in [-0.15, -0.1) is 0 Å². The van der Waals surface area contributed by atoms with Gasteiger partial charge in [0.2, 0.25) is 5.91 Å². The maximum Gasteiger partial charge on any atom is 0.228 e. The summed E-state index contributed by atoms with van der Waals surface area (Å²) in [5.74, 6) is -0.0859. The second-order valence-electron chi connectivity index (χ2n) is 4.83. The first-order valence-electron chi connectivity index (χ1n) is 6.70. The van der Waals surface area contributed by atoms with E-state index in [1.807, 2.05) is 42.5 Å². The molecule has 0 saturated heterocycles. The highest BCUT2D eigenvalue weighted by molar-refractivity contribution is 6.02. The van der Waals surface area contributed by atoms with E-state index in [1.54, 1.807) is 18.5 Å². The van der Waals surface area contributed by atoms with Gasteiger partial charge in [-0.1, -0.05) is 30.3 Å². The Labute approximate surface area is 122 Å². The summed E-state index contributed by atoms with van der Waals surface area (Å²) in [5, 5.41) is 4.91. The van der Waals surface area contributed by atoms with E-state index in [4.69, 9.17) is 5.73 Å². The van der Waals surface area contributed by atoms with Crippen molar-refractivity contribution >= 4 is 28.1 Å². The van der Waals surface area contributed by atoms with Crippen LogP contribution in [-0.2, 0) is 11.2 Å². The van der Waals surface area contributed by atoms with Crippen LogP contribution in [0.4, 0.5) is 11.4 Å². The molecule has 0 bridgehead atoms. The second-order valence-corrected chi connectivity index (χ2v) is 4.83. The molecule has 3 rings (SSSR count). The summed E-state index contributed by atoms with van der Waals surface area (Å²) in [5.41, 5.74) is 8.12. The topological polar surface area (TPSA) is 68.0 Å². The molecule has 1 aromatic heterocycles. The molecule has 2 aromatic carbocycles. The van der Waals surface area contributed by atoms with Crippen LogP contribution in [0.2, 0.25) is 0 Å². The molecule has 0 spiro atoms. The van der Waals surface area contributed by atoms with Gasteiger partial charge in [-0.05, 0) is 23.8 Å². The Hall–Kier alpha value is -2.88. The minimum absolute atomic E-state index is 0.0859. The summed E-state index contributed by atoms with van der Waals surface area (Å²) < 4.78 is 0. The second kappa shape index (κ2) is 5.63. The number of aromatic nitrogens is 1. The number of carbonyl (C=O) groups is 1. The van der Waals surface area contributed by atoms with Gasteiger partial charge in [0.05, 0.1) is 6.42 Å². The van der Waals surface area contributed by atoms with Crippen LogP contribution >= 0.6 is 0 Å². The average molecular weight is 277 g/mol. The number of rotatable bonds is 3. The Morgan fingerprint density at radius 2 is 1.95 bits per heavy atom. The molecule has 0 unspecified atom stereocenters. The van der Waals surface area contributed by atoms with Gasteiger partial charge in [-0.2, -0.15) is 0 Å². The zero-order valence-corrected chi connectivity index (χ0v) is 11.4. The quantitative estimate of drug-likeness (QED) is 0.723. The Kier molecular flexibility index (Phi) is 3.51. The van der Waals surface area contributed by atoms with Crippen LogP contribution in [0.1, 0.15) is 5.56 Å². The molecule has 4 nitrogen and oxygen atoms in total. The highest BCUT2D eigenvalue weighted by Crippen LogP contribution is 2.22. The number of hydrogen-bond acceptors (Lipinski definition) is 3. The predicted molar refractivity (Wildman–Crippen MR) is 84.9 cm³/mol. The molecule has 4 heteroatoms. The lowest BCUT2D eigenvalue weighted by Gasteiger charge is -2.09. The minimum atomic E-state index is -0.0859. The lowest BCUT2D eigenvalue weighted by Crippen LogP contribution is -2.15. The number of fused-ring (bicyclic) bond motifs is 1. The van der Waals surface area contributed by atoms with Gasteiger partial charge >= 0.3 is 0 Å². The Bertz CT molecular complexity index is 793. The molecule has 21 heavy (non-hydrogen) atoms. The lowest BCUT2D eigenvalue weighted by atomic mass is 10.1. The summed E-state index contributed by atoms with van der Waals surface area (Å²) in [6, 6.07) is 15.0. The summed E-state index contributed by atoms with van der Waals surface area (Å²) in [4.78, 5) is 16.3. The number of pyridine rings is 1. The van der Waals surface area contributed by atoms with Crippen molar-refractivity contribution < 1.29 is 4.79 Å². The highest BCUT2D eigenvalue weighted by Gasteiger charge is 2.08. The number of anilines is 2. The largest absolute Gasteiger partial charge is 0.398 e. The van der Waals surface area contributed by atoms with Gasteiger partial charge in [-0.25, -0.2) is 0 Å². The van der Waals surface area contributed by atoms with Crippen molar-refractivity contribution in [3.05, 3.63) is 66.5 Å². The van der Waals surface area contributed by atoms with Crippen molar-refractivity contribution in [2.24, 2.45) is 0 Å². The van der Waals surface area contributed by atoms with Crippen molar-refractivity contribution in [1.29, 1.82) is 0 Å². The van der Waals surface area contributed by atoms with Crippen LogP contribution in [0.5, 0.6) is 0 Å². The summed E-state index contributed by atoms with van der Waals surface area (Å²) in [6.45, 7) is 0. The van der Waals surface area contributed by atoms with Gasteiger partial charge in [0, 0.05) is 34.5 Å². The number of carbonyl (C=O) groups excluding carboxylic acids is 1. The molecular weight excluding hydrogens is 262 g/mol. The van der Waals surface area contributed by atoms with Gasteiger partial charge < -0.3 is 11.1 Å².